The van der Waals surface area contributed by atoms with Crippen LogP contribution in [0, 0.1) is 0 Å². The lowest BCUT2D eigenvalue weighted by atomic mass is 10.1. The fourth-order valence-corrected chi connectivity index (χ4v) is 0.888. The van der Waals surface area contributed by atoms with Crippen molar-refractivity contribution < 1.29 is 14.7 Å². The highest BCUT2D eigenvalue weighted by molar-refractivity contribution is 6.20. The zero-order valence-electron chi connectivity index (χ0n) is 7.05. The lowest BCUT2D eigenvalue weighted by Gasteiger charge is -2.03. The molecule has 0 aliphatic heterocycles. The topological polar surface area (TPSA) is 54.4 Å². The number of carboxylic acid groups (broad SMARTS) is 1. The molecule has 4 heteroatoms. The van der Waals surface area contributed by atoms with Gasteiger partial charge in [0.1, 0.15) is 12.2 Å². The van der Waals surface area contributed by atoms with E-state index in [1.165, 1.54) is 0 Å². The van der Waals surface area contributed by atoms with Crippen LogP contribution >= 0.6 is 11.6 Å². The van der Waals surface area contributed by atoms with Crippen LogP contribution in [0.25, 0.3) is 0 Å². The van der Waals surface area contributed by atoms with Gasteiger partial charge in [-0.15, -0.1) is 11.6 Å². The fourth-order valence-electron chi connectivity index (χ4n) is 0.779. The molecule has 0 radical (unpaired) electrons. The summed E-state index contributed by atoms with van der Waals surface area (Å²) in [4.78, 5) is 20.9. The maximum atomic E-state index is 10.8. The number of alkyl halides is 1. The first kappa shape index (κ1) is 11.4. The molecule has 0 saturated carbocycles. The molecule has 0 bridgehead atoms. The van der Waals surface area contributed by atoms with E-state index in [-0.39, 0.29) is 24.0 Å². The van der Waals surface area contributed by atoms with Crippen molar-refractivity contribution in [3.05, 3.63) is 0 Å². The van der Waals surface area contributed by atoms with E-state index < -0.39 is 5.97 Å². The van der Waals surface area contributed by atoms with Gasteiger partial charge in [0.25, 0.3) is 0 Å². The van der Waals surface area contributed by atoms with Gasteiger partial charge in [-0.2, -0.15) is 0 Å². The Balaban J connectivity index is 3.50. The molecule has 0 heterocycles. The standard InChI is InChI=1S/C8H13ClO3/c1-2-6(9)3-4-7(10)5-8(11)12/h6H,2-5H2,1H3,(H,11,12). The van der Waals surface area contributed by atoms with Crippen molar-refractivity contribution in [2.45, 2.75) is 38.0 Å². The third kappa shape index (κ3) is 6.16. The molecule has 0 saturated heterocycles. The second-order valence-electron chi connectivity index (χ2n) is 2.65. The third-order valence-electron chi connectivity index (χ3n) is 1.53. The number of halogens is 1. The average Bonchev–Trinajstić information content (AvgIpc) is 1.99. The number of carbonyl (C=O) groups excluding carboxylic acids is 1. The Labute approximate surface area is 76.7 Å². The van der Waals surface area contributed by atoms with E-state index in [1.54, 1.807) is 0 Å². The van der Waals surface area contributed by atoms with Crippen LogP contribution in [0.4, 0.5) is 0 Å². The first-order valence-corrected chi connectivity index (χ1v) is 4.37. The highest BCUT2D eigenvalue weighted by Gasteiger charge is 2.09. The van der Waals surface area contributed by atoms with E-state index in [0.717, 1.165) is 6.42 Å². The van der Waals surface area contributed by atoms with Crippen molar-refractivity contribution in [3.8, 4) is 0 Å². The van der Waals surface area contributed by atoms with Crippen LogP contribution in [0.2, 0.25) is 0 Å². The van der Waals surface area contributed by atoms with Gasteiger partial charge in [0.05, 0.1) is 0 Å². The van der Waals surface area contributed by atoms with Crippen LogP contribution in [-0.4, -0.2) is 22.2 Å². The van der Waals surface area contributed by atoms with Gasteiger partial charge in [0.2, 0.25) is 0 Å². The Morgan fingerprint density at radius 1 is 1.50 bits per heavy atom. The smallest absolute Gasteiger partial charge is 0.310 e. The van der Waals surface area contributed by atoms with Gasteiger partial charge in [-0.1, -0.05) is 6.92 Å². The zero-order valence-corrected chi connectivity index (χ0v) is 7.80. The summed E-state index contributed by atoms with van der Waals surface area (Å²) in [5, 5.41) is 8.24. The molecule has 0 rings (SSSR count). The maximum Gasteiger partial charge on any atom is 0.310 e. The predicted octanol–water partition coefficient (Wildman–Crippen LogP) is 1.83. The van der Waals surface area contributed by atoms with Crippen molar-refractivity contribution in [2.24, 2.45) is 0 Å². The number of Topliss-reactive ketones (excluding diaryl/α,β-unsaturated/α-hetero) is 1. The van der Waals surface area contributed by atoms with Gasteiger partial charge in [0, 0.05) is 11.8 Å². The van der Waals surface area contributed by atoms with E-state index >= 15 is 0 Å². The number of rotatable bonds is 6. The number of carboxylic acids is 1. The van der Waals surface area contributed by atoms with Crippen molar-refractivity contribution in [2.75, 3.05) is 0 Å². The zero-order chi connectivity index (χ0) is 9.56. The summed E-state index contributed by atoms with van der Waals surface area (Å²) in [6.45, 7) is 1.93. The van der Waals surface area contributed by atoms with Crippen molar-refractivity contribution in [1.29, 1.82) is 0 Å². The summed E-state index contributed by atoms with van der Waals surface area (Å²) >= 11 is 5.75. The van der Waals surface area contributed by atoms with E-state index in [1.807, 2.05) is 6.92 Å². The molecule has 3 nitrogen and oxygen atoms in total. The van der Waals surface area contributed by atoms with Crippen LogP contribution in [0.1, 0.15) is 32.6 Å². The molecule has 0 aromatic rings. The molecule has 1 unspecified atom stereocenters. The Kier molecular flexibility index (Phi) is 5.72. The maximum absolute atomic E-state index is 10.8. The third-order valence-corrected chi connectivity index (χ3v) is 2.05. The van der Waals surface area contributed by atoms with E-state index in [4.69, 9.17) is 16.7 Å². The number of hydrogen-bond donors (Lipinski definition) is 1. The van der Waals surface area contributed by atoms with Gasteiger partial charge in [-0.05, 0) is 12.8 Å². The fraction of sp³-hybridized carbons (Fsp3) is 0.750. The van der Waals surface area contributed by atoms with E-state index in [0.29, 0.717) is 6.42 Å². The summed E-state index contributed by atoms with van der Waals surface area (Å²) in [6, 6.07) is 0. The summed E-state index contributed by atoms with van der Waals surface area (Å²) in [5.74, 6) is -1.32. The molecule has 0 spiro atoms. The van der Waals surface area contributed by atoms with Gasteiger partial charge in [-0.25, -0.2) is 0 Å². The van der Waals surface area contributed by atoms with Crippen molar-refractivity contribution >= 4 is 23.4 Å². The molecular formula is C8H13ClO3. The average molecular weight is 193 g/mol. The van der Waals surface area contributed by atoms with Gasteiger partial charge in [0.15, 0.2) is 0 Å². The Bertz CT molecular complexity index is 168. The minimum absolute atomic E-state index is 0.0113. The van der Waals surface area contributed by atoms with Crippen LogP contribution in [0.5, 0.6) is 0 Å². The first-order valence-electron chi connectivity index (χ1n) is 3.93. The lowest BCUT2D eigenvalue weighted by molar-refractivity contribution is -0.140. The lowest BCUT2D eigenvalue weighted by Crippen LogP contribution is -2.08. The number of hydrogen-bond acceptors (Lipinski definition) is 2. The summed E-state index contributed by atoms with van der Waals surface area (Å²) in [6.07, 6.45) is 1.27. The molecule has 0 aliphatic carbocycles. The molecule has 12 heavy (non-hydrogen) atoms. The van der Waals surface area contributed by atoms with Crippen LogP contribution < -0.4 is 0 Å². The van der Waals surface area contributed by atoms with Crippen LogP contribution in [0.3, 0.4) is 0 Å². The molecule has 0 aromatic carbocycles. The van der Waals surface area contributed by atoms with Crippen molar-refractivity contribution in [3.63, 3.8) is 0 Å². The van der Waals surface area contributed by atoms with E-state index in [9.17, 15) is 9.59 Å². The van der Waals surface area contributed by atoms with E-state index in [2.05, 4.69) is 0 Å². The van der Waals surface area contributed by atoms with Gasteiger partial charge >= 0.3 is 5.97 Å². The quantitative estimate of drug-likeness (QED) is 0.516. The molecule has 0 aliphatic rings. The summed E-state index contributed by atoms with van der Waals surface area (Å²) < 4.78 is 0. The monoisotopic (exact) mass is 192 g/mol. The predicted molar refractivity (Wildman–Crippen MR) is 46.4 cm³/mol. The molecule has 0 fully saturated rings. The van der Waals surface area contributed by atoms with Crippen LogP contribution in [-0.2, 0) is 9.59 Å². The highest BCUT2D eigenvalue weighted by atomic mass is 35.5. The van der Waals surface area contributed by atoms with Crippen molar-refractivity contribution in [1.82, 2.24) is 0 Å². The minimum atomic E-state index is -1.07. The van der Waals surface area contributed by atoms with Gasteiger partial charge < -0.3 is 5.11 Å². The Morgan fingerprint density at radius 3 is 2.50 bits per heavy atom. The summed E-state index contributed by atoms with van der Waals surface area (Å²) in [5.41, 5.74) is 0. The first-order chi connectivity index (χ1) is 5.56. The molecule has 0 aromatic heterocycles. The number of ketones is 1. The number of carbonyl (C=O) groups is 2. The Morgan fingerprint density at radius 2 is 2.08 bits per heavy atom. The molecule has 1 N–H and O–H groups in total. The van der Waals surface area contributed by atoms with Crippen LogP contribution in [0.15, 0.2) is 0 Å². The second-order valence-corrected chi connectivity index (χ2v) is 3.27. The Hall–Kier alpha value is -0.570. The largest absolute Gasteiger partial charge is 0.481 e. The molecule has 70 valence electrons. The minimum Gasteiger partial charge on any atom is -0.481 e. The molecular weight excluding hydrogens is 180 g/mol. The molecule has 0 amide bonds. The normalized spacial score (nSPS) is 12.5. The molecule has 1 atom stereocenters. The SMILES string of the molecule is CCC(Cl)CCC(=O)CC(=O)O. The van der Waals surface area contributed by atoms with Gasteiger partial charge in [-0.3, -0.25) is 9.59 Å². The summed E-state index contributed by atoms with van der Waals surface area (Å²) in [7, 11) is 0. The number of aliphatic carboxylic acids is 1. The highest BCUT2D eigenvalue weighted by Crippen LogP contribution is 2.09. The second kappa shape index (κ2) is 6.00.